The number of ether oxygens (including phenoxy) is 1. The lowest BCUT2D eigenvalue weighted by atomic mass is 9.62. The highest BCUT2D eigenvalue weighted by atomic mass is 16.5. The summed E-state index contributed by atoms with van der Waals surface area (Å²) in [7, 11) is 0. The summed E-state index contributed by atoms with van der Waals surface area (Å²) in [6.45, 7) is 0. The molecule has 3 aliphatic heterocycles. The third kappa shape index (κ3) is 0.798. The molecule has 1 aromatic carbocycles. The minimum atomic E-state index is -0.101. The predicted octanol–water partition coefficient (Wildman–Crippen LogP) is 2.92. The van der Waals surface area contributed by atoms with E-state index in [1.165, 1.54) is 22.5 Å². The SMILES string of the molecule is C1=CC2Oc3ccccc3C23C=C2CC(=N2)C3=C1. The zero-order valence-corrected chi connectivity index (χ0v) is 9.76. The molecule has 2 aliphatic carbocycles. The highest BCUT2D eigenvalue weighted by molar-refractivity contribution is 6.11. The molecule has 2 bridgehead atoms. The maximum Gasteiger partial charge on any atom is 0.135 e. The monoisotopic (exact) mass is 233 g/mol. The maximum atomic E-state index is 6.11. The largest absolute Gasteiger partial charge is 0.484 e. The van der Waals surface area contributed by atoms with Gasteiger partial charge in [0.25, 0.3) is 0 Å². The minimum absolute atomic E-state index is 0.0932. The Bertz CT molecular complexity index is 708. The molecular weight excluding hydrogens is 222 g/mol. The smallest absolute Gasteiger partial charge is 0.135 e. The van der Waals surface area contributed by atoms with Crippen LogP contribution in [0.5, 0.6) is 5.75 Å². The summed E-state index contributed by atoms with van der Waals surface area (Å²) in [6, 6.07) is 8.38. The first-order chi connectivity index (χ1) is 8.88. The molecule has 0 N–H and O–H groups in total. The Morgan fingerprint density at radius 3 is 3.11 bits per heavy atom. The van der Waals surface area contributed by atoms with E-state index in [9.17, 15) is 0 Å². The van der Waals surface area contributed by atoms with E-state index in [4.69, 9.17) is 4.74 Å². The topological polar surface area (TPSA) is 21.6 Å². The van der Waals surface area contributed by atoms with Crippen LogP contribution >= 0.6 is 0 Å². The lowest BCUT2D eigenvalue weighted by Crippen LogP contribution is -2.46. The lowest BCUT2D eigenvalue weighted by molar-refractivity contribution is 0.236. The van der Waals surface area contributed by atoms with Gasteiger partial charge in [0.1, 0.15) is 11.9 Å². The van der Waals surface area contributed by atoms with Gasteiger partial charge in [0.15, 0.2) is 0 Å². The van der Waals surface area contributed by atoms with Crippen molar-refractivity contribution in [2.24, 2.45) is 4.99 Å². The predicted molar refractivity (Wildman–Crippen MR) is 69.9 cm³/mol. The molecule has 18 heavy (non-hydrogen) atoms. The summed E-state index contributed by atoms with van der Waals surface area (Å²) in [5.41, 5.74) is 4.96. The second-order valence-electron chi connectivity index (χ2n) is 5.24. The molecule has 0 amide bonds. The summed E-state index contributed by atoms with van der Waals surface area (Å²) >= 11 is 0. The van der Waals surface area contributed by atoms with E-state index in [1.54, 1.807) is 0 Å². The molecule has 3 heterocycles. The van der Waals surface area contributed by atoms with Crippen LogP contribution in [0.25, 0.3) is 0 Å². The van der Waals surface area contributed by atoms with Crippen molar-refractivity contribution in [2.45, 2.75) is 17.9 Å². The van der Waals surface area contributed by atoms with E-state index < -0.39 is 0 Å². The molecule has 2 heteroatoms. The van der Waals surface area contributed by atoms with Crippen molar-refractivity contribution in [1.29, 1.82) is 0 Å². The zero-order chi connectivity index (χ0) is 11.7. The van der Waals surface area contributed by atoms with Gasteiger partial charge in [0.05, 0.1) is 11.1 Å². The maximum absolute atomic E-state index is 6.11. The Morgan fingerprint density at radius 1 is 1.28 bits per heavy atom. The van der Waals surface area contributed by atoms with Gasteiger partial charge < -0.3 is 4.74 Å². The van der Waals surface area contributed by atoms with Crippen LogP contribution < -0.4 is 4.74 Å². The van der Waals surface area contributed by atoms with Crippen LogP contribution in [0.2, 0.25) is 0 Å². The van der Waals surface area contributed by atoms with Gasteiger partial charge in [-0.3, -0.25) is 4.99 Å². The van der Waals surface area contributed by atoms with Crippen LogP contribution in [-0.2, 0) is 5.41 Å². The number of para-hydroxylation sites is 1. The summed E-state index contributed by atoms with van der Waals surface area (Å²) in [6.07, 6.45) is 9.89. The van der Waals surface area contributed by atoms with E-state index >= 15 is 0 Å². The quantitative estimate of drug-likeness (QED) is 0.675. The van der Waals surface area contributed by atoms with Crippen LogP contribution in [-0.4, -0.2) is 11.8 Å². The number of rotatable bonds is 0. The molecule has 0 radical (unpaired) electrons. The summed E-state index contributed by atoms with van der Waals surface area (Å²) in [5, 5.41) is 0. The molecular formula is C16H11NO. The van der Waals surface area contributed by atoms with E-state index in [0.717, 1.165) is 12.2 Å². The third-order valence-corrected chi connectivity index (χ3v) is 4.36. The molecule has 2 nitrogen and oxygen atoms in total. The van der Waals surface area contributed by atoms with Crippen molar-refractivity contribution in [2.75, 3.05) is 0 Å². The first kappa shape index (κ1) is 8.92. The number of fused-ring (bicyclic) bond motifs is 1. The molecule has 2 unspecified atom stereocenters. The van der Waals surface area contributed by atoms with Crippen LogP contribution in [0.4, 0.5) is 0 Å². The number of aliphatic imine (C=N–C) groups is 1. The van der Waals surface area contributed by atoms with Gasteiger partial charge >= 0.3 is 0 Å². The molecule has 86 valence electrons. The normalized spacial score (nSPS) is 33.1. The molecule has 0 aromatic heterocycles. The van der Waals surface area contributed by atoms with Gasteiger partial charge in [-0.1, -0.05) is 30.4 Å². The van der Waals surface area contributed by atoms with Crippen molar-refractivity contribution in [3.8, 4) is 5.75 Å². The summed E-state index contributed by atoms with van der Waals surface area (Å²) in [4.78, 5) is 4.56. The van der Waals surface area contributed by atoms with Gasteiger partial charge in [-0.25, -0.2) is 0 Å². The molecule has 6 rings (SSSR count). The first-order valence-corrected chi connectivity index (χ1v) is 6.33. The summed E-state index contributed by atoms with van der Waals surface area (Å²) in [5.74, 6) is 1.01. The van der Waals surface area contributed by atoms with Crippen LogP contribution in [0.15, 0.2) is 64.8 Å². The fraction of sp³-hybridized carbons (Fsp3) is 0.188. The van der Waals surface area contributed by atoms with Crippen molar-refractivity contribution >= 4 is 5.71 Å². The van der Waals surface area contributed by atoms with Gasteiger partial charge in [0, 0.05) is 17.7 Å². The molecule has 5 aliphatic rings. The average Bonchev–Trinajstić information content (AvgIpc) is 2.69. The standard InChI is InChI=1S/C16H11NO/c1-2-6-14-12(4-1)16-9-10-8-13(17-10)11(16)5-3-7-15(16)18-14/h1-7,9,15H,8H2. The second kappa shape index (κ2) is 2.66. The Hall–Kier alpha value is -2.09. The number of hydrogen-bond donors (Lipinski definition) is 0. The average molecular weight is 233 g/mol. The fourth-order valence-corrected chi connectivity index (χ4v) is 3.58. The van der Waals surface area contributed by atoms with Gasteiger partial charge in [-0.2, -0.15) is 0 Å². The fourth-order valence-electron chi connectivity index (χ4n) is 3.58. The Balaban J connectivity index is 1.88. The van der Waals surface area contributed by atoms with Gasteiger partial charge in [-0.15, -0.1) is 0 Å². The molecule has 0 fully saturated rings. The highest BCUT2D eigenvalue weighted by Crippen LogP contribution is 2.55. The van der Waals surface area contributed by atoms with Crippen molar-refractivity contribution in [3.63, 3.8) is 0 Å². The van der Waals surface area contributed by atoms with E-state index in [1.807, 2.05) is 6.07 Å². The molecule has 2 atom stereocenters. The highest BCUT2D eigenvalue weighted by Gasteiger charge is 2.54. The third-order valence-electron chi connectivity index (χ3n) is 4.36. The molecule has 1 aromatic rings. The Labute approximate surface area is 105 Å². The second-order valence-corrected chi connectivity index (χ2v) is 5.24. The van der Waals surface area contributed by atoms with Crippen LogP contribution in [0, 0.1) is 0 Å². The number of hydrogen-bond acceptors (Lipinski definition) is 2. The Morgan fingerprint density at radius 2 is 2.17 bits per heavy atom. The van der Waals surface area contributed by atoms with Gasteiger partial charge in [0.2, 0.25) is 0 Å². The van der Waals surface area contributed by atoms with Gasteiger partial charge in [-0.05, 0) is 23.8 Å². The van der Waals surface area contributed by atoms with Crippen molar-refractivity contribution < 1.29 is 4.74 Å². The first-order valence-electron chi connectivity index (χ1n) is 6.33. The minimum Gasteiger partial charge on any atom is -0.484 e. The molecule has 1 spiro atoms. The summed E-state index contributed by atoms with van der Waals surface area (Å²) < 4.78 is 6.11. The van der Waals surface area contributed by atoms with E-state index in [-0.39, 0.29) is 11.5 Å². The number of benzene rings is 1. The Kier molecular flexibility index (Phi) is 1.32. The van der Waals surface area contributed by atoms with Crippen molar-refractivity contribution in [1.82, 2.24) is 0 Å². The van der Waals surface area contributed by atoms with E-state index in [0.29, 0.717) is 0 Å². The van der Waals surface area contributed by atoms with E-state index in [2.05, 4.69) is 47.5 Å². The molecule has 0 saturated heterocycles. The number of nitrogens with zero attached hydrogens (tertiary/aromatic N) is 1. The zero-order valence-electron chi connectivity index (χ0n) is 9.76. The molecule has 0 saturated carbocycles. The van der Waals surface area contributed by atoms with Crippen LogP contribution in [0.3, 0.4) is 0 Å². The van der Waals surface area contributed by atoms with Crippen molar-refractivity contribution in [3.05, 3.63) is 65.4 Å². The number of allylic oxidation sites excluding steroid dienone is 3. The van der Waals surface area contributed by atoms with Crippen LogP contribution in [0.1, 0.15) is 12.0 Å². The lowest BCUT2D eigenvalue weighted by Gasteiger charge is -2.42.